The van der Waals surface area contributed by atoms with Crippen LogP contribution in [0.4, 0.5) is 5.69 Å². The van der Waals surface area contributed by atoms with E-state index in [0.29, 0.717) is 29.2 Å². The third-order valence-electron chi connectivity index (χ3n) is 3.87. The molecule has 0 bridgehead atoms. The molecule has 0 aliphatic rings. The minimum Gasteiger partial charge on any atom is -0.488 e. The third kappa shape index (κ3) is 4.95. The molecule has 136 valence electrons. The molecule has 0 unspecified atom stereocenters. The molecule has 3 rings (SSSR count). The zero-order valence-electron chi connectivity index (χ0n) is 14.3. The van der Waals surface area contributed by atoms with Crippen molar-refractivity contribution in [2.75, 3.05) is 5.32 Å². The summed E-state index contributed by atoms with van der Waals surface area (Å²) in [4.78, 5) is 23.7. The number of hydrogen-bond donors (Lipinski definition) is 2. The molecule has 0 heterocycles. The molecule has 5 nitrogen and oxygen atoms in total. The number of benzene rings is 3. The van der Waals surface area contributed by atoms with E-state index in [2.05, 4.69) is 21.2 Å². The molecule has 0 atom stereocenters. The van der Waals surface area contributed by atoms with Gasteiger partial charge in [-0.1, -0.05) is 40.2 Å². The van der Waals surface area contributed by atoms with Gasteiger partial charge in [-0.15, -0.1) is 0 Å². The summed E-state index contributed by atoms with van der Waals surface area (Å²) >= 11 is 3.40. The Labute approximate surface area is 165 Å². The van der Waals surface area contributed by atoms with Gasteiger partial charge in [-0.25, -0.2) is 0 Å². The van der Waals surface area contributed by atoms with Crippen molar-refractivity contribution in [3.63, 3.8) is 0 Å². The highest BCUT2D eigenvalue weighted by atomic mass is 79.9. The zero-order valence-corrected chi connectivity index (χ0v) is 15.9. The van der Waals surface area contributed by atoms with Gasteiger partial charge in [-0.05, 0) is 54.1 Å². The number of nitrogens with two attached hydrogens (primary N) is 1. The number of carbonyl (C=O) groups is 2. The molecule has 0 spiro atoms. The summed E-state index contributed by atoms with van der Waals surface area (Å²) in [7, 11) is 0. The third-order valence-corrected chi connectivity index (χ3v) is 4.40. The number of halogens is 1. The Hall–Kier alpha value is -3.12. The van der Waals surface area contributed by atoms with Crippen molar-refractivity contribution < 1.29 is 14.3 Å². The van der Waals surface area contributed by atoms with Crippen molar-refractivity contribution in [1.29, 1.82) is 0 Å². The number of anilines is 1. The number of ether oxygens (including phenoxy) is 1. The van der Waals surface area contributed by atoms with Crippen LogP contribution < -0.4 is 15.8 Å². The van der Waals surface area contributed by atoms with Crippen molar-refractivity contribution in [2.45, 2.75) is 6.61 Å². The largest absolute Gasteiger partial charge is 0.488 e. The second kappa shape index (κ2) is 8.51. The minimum atomic E-state index is -0.514. The number of carbonyl (C=O) groups excluding carboxylic acids is 2. The van der Waals surface area contributed by atoms with Crippen LogP contribution in [0.25, 0.3) is 0 Å². The van der Waals surface area contributed by atoms with Gasteiger partial charge < -0.3 is 15.8 Å². The smallest absolute Gasteiger partial charge is 0.259 e. The average molecular weight is 425 g/mol. The minimum absolute atomic E-state index is 0.298. The van der Waals surface area contributed by atoms with Gasteiger partial charge >= 0.3 is 0 Å². The molecule has 0 saturated carbocycles. The number of para-hydroxylation sites is 1. The normalized spacial score (nSPS) is 10.3. The van der Waals surface area contributed by atoms with E-state index in [0.717, 1.165) is 10.0 Å². The lowest BCUT2D eigenvalue weighted by Gasteiger charge is -2.12. The molecule has 27 heavy (non-hydrogen) atoms. The predicted molar refractivity (Wildman–Crippen MR) is 108 cm³/mol. The van der Waals surface area contributed by atoms with Crippen LogP contribution in [0, 0.1) is 0 Å². The maximum absolute atomic E-state index is 12.6. The molecule has 0 aromatic heterocycles. The molecule has 0 radical (unpaired) electrons. The summed E-state index contributed by atoms with van der Waals surface area (Å²) in [6, 6.07) is 21.2. The van der Waals surface area contributed by atoms with E-state index in [9.17, 15) is 9.59 Å². The second-order valence-corrected chi connectivity index (χ2v) is 6.72. The van der Waals surface area contributed by atoms with Crippen LogP contribution in [-0.2, 0) is 6.61 Å². The lowest BCUT2D eigenvalue weighted by atomic mass is 10.1. The lowest BCUT2D eigenvalue weighted by molar-refractivity contribution is 0.0997. The molecule has 3 N–H and O–H groups in total. The van der Waals surface area contributed by atoms with Crippen molar-refractivity contribution in [2.24, 2.45) is 5.73 Å². The summed E-state index contributed by atoms with van der Waals surface area (Å²) in [6.45, 7) is 0.352. The fraction of sp³-hybridized carbons (Fsp3) is 0.0476. The van der Waals surface area contributed by atoms with Crippen LogP contribution in [0.3, 0.4) is 0 Å². The molecule has 6 heteroatoms. The number of hydrogen-bond acceptors (Lipinski definition) is 3. The average Bonchev–Trinajstić information content (AvgIpc) is 2.68. The zero-order chi connectivity index (χ0) is 19.2. The highest BCUT2D eigenvalue weighted by molar-refractivity contribution is 9.10. The Balaban J connectivity index is 1.71. The first-order valence-corrected chi connectivity index (χ1v) is 9.00. The number of rotatable bonds is 6. The quantitative estimate of drug-likeness (QED) is 0.615. The lowest BCUT2D eigenvalue weighted by Crippen LogP contribution is -2.14. The van der Waals surface area contributed by atoms with E-state index < -0.39 is 5.91 Å². The Bertz CT molecular complexity index is 954. The van der Waals surface area contributed by atoms with E-state index in [1.54, 1.807) is 42.5 Å². The fourth-order valence-electron chi connectivity index (χ4n) is 2.44. The summed E-state index contributed by atoms with van der Waals surface area (Å²) in [5.41, 5.74) is 7.58. The molecule has 0 aliphatic heterocycles. The van der Waals surface area contributed by atoms with Crippen LogP contribution in [-0.4, -0.2) is 11.8 Å². The molecule has 0 aliphatic carbocycles. The molecular formula is C21H17BrN2O3. The molecule has 3 aromatic rings. The van der Waals surface area contributed by atoms with Gasteiger partial charge in [0.25, 0.3) is 5.91 Å². The maximum atomic E-state index is 12.6. The Morgan fingerprint density at radius 3 is 2.26 bits per heavy atom. The first-order chi connectivity index (χ1) is 13.0. The van der Waals surface area contributed by atoms with E-state index in [-0.39, 0.29) is 5.91 Å². The van der Waals surface area contributed by atoms with Crippen LogP contribution in [0.5, 0.6) is 5.75 Å². The van der Waals surface area contributed by atoms with E-state index >= 15 is 0 Å². The van der Waals surface area contributed by atoms with Gasteiger partial charge in [-0.3, -0.25) is 9.59 Å². The van der Waals surface area contributed by atoms with E-state index in [4.69, 9.17) is 10.5 Å². The van der Waals surface area contributed by atoms with Crippen LogP contribution in [0.2, 0.25) is 0 Å². The van der Waals surface area contributed by atoms with Crippen molar-refractivity contribution in [3.05, 3.63) is 94.0 Å². The van der Waals surface area contributed by atoms with Crippen LogP contribution in [0.1, 0.15) is 26.3 Å². The number of primary amides is 1. The van der Waals surface area contributed by atoms with Gasteiger partial charge in [0.1, 0.15) is 12.4 Å². The Morgan fingerprint density at radius 1 is 0.926 bits per heavy atom. The predicted octanol–water partition coefficient (Wildman–Crippen LogP) is 4.38. The monoisotopic (exact) mass is 424 g/mol. The van der Waals surface area contributed by atoms with Gasteiger partial charge in [0.15, 0.2) is 0 Å². The van der Waals surface area contributed by atoms with Crippen molar-refractivity contribution >= 4 is 33.4 Å². The summed E-state index contributed by atoms with van der Waals surface area (Å²) < 4.78 is 6.83. The van der Waals surface area contributed by atoms with Crippen molar-refractivity contribution in [3.8, 4) is 5.75 Å². The highest BCUT2D eigenvalue weighted by Gasteiger charge is 2.13. The SMILES string of the molecule is NC(=O)c1ccc(NC(=O)c2ccccc2OCc2ccc(Br)cc2)cc1. The molecule has 0 saturated heterocycles. The summed E-state index contributed by atoms with van der Waals surface area (Å²) in [6.07, 6.45) is 0. The first kappa shape index (κ1) is 18.7. The highest BCUT2D eigenvalue weighted by Crippen LogP contribution is 2.22. The van der Waals surface area contributed by atoms with E-state index in [1.165, 1.54) is 0 Å². The summed E-state index contributed by atoms with van der Waals surface area (Å²) in [5.74, 6) is -0.320. The standard InChI is InChI=1S/C21H17BrN2O3/c22-16-9-5-14(6-10-16)13-27-19-4-2-1-3-18(19)21(26)24-17-11-7-15(8-12-17)20(23)25/h1-12H,13H2,(H2,23,25)(H,24,26). The Kier molecular flexibility index (Phi) is 5.88. The fourth-order valence-corrected chi connectivity index (χ4v) is 2.70. The van der Waals surface area contributed by atoms with Gasteiger partial charge in [0.2, 0.25) is 5.91 Å². The maximum Gasteiger partial charge on any atom is 0.259 e. The molecular weight excluding hydrogens is 408 g/mol. The molecule has 3 aromatic carbocycles. The van der Waals surface area contributed by atoms with E-state index in [1.807, 2.05) is 30.3 Å². The Morgan fingerprint density at radius 2 is 1.59 bits per heavy atom. The van der Waals surface area contributed by atoms with Gasteiger partial charge in [0.05, 0.1) is 5.56 Å². The van der Waals surface area contributed by atoms with Gasteiger partial charge in [0, 0.05) is 15.7 Å². The first-order valence-electron chi connectivity index (χ1n) is 8.20. The second-order valence-electron chi connectivity index (χ2n) is 5.81. The number of amides is 2. The molecule has 2 amide bonds. The number of nitrogens with one attached hydrogen (secondary N) is 1. The molecule has 0 fully saturated rings. The van der Waals surface area contributed by atoms with Crippen molar-refractivity contribution in [1.82, 2.24) is 0 Å². The van der Waals surface area contributed by atoms with Crippen LogP contribution in [0.15, 0.2) is 77.3 Å². The van der Waals surface area contributed by atoms with Crippen LogP contribution >= 0.6 is 15.9 Å². The summed E-state index contributed by atoms with van der Waals surface area (Å²) in [5, 5.41) is 2.79. The van der Waals surface area contributed by atoms with Gasteiger partial charge in [-0.2, -0.15) is 0 Å². The topological polar surface area (TPSA) is 81.4 Å².